The molecule has 0 bridgehead atoms. The van der Waals surface area contributed by atoms with E-state index >= 15 is 0 Å². The smallest absolute Gasteiger partial charge is 0.120 e. The minimum atomic E-state index is 0.104. The Morgan fingerprint density at radius 2 is 1.79 bits per heavy atom. The summed E-state index contributed by atoms with van der Waals surface area (Å²) in [6.07, 6.45) is 7.56. The van der Waals surface area contributed by atoms with Crippen LogP contribution < -0.4 is 4.74 Å². The molecule has 106 valence electrons. The molecule has 1 aliphatic rings. The lowest BCUT2D eigenvalue weighted by molar-refractivity contribution is 0.0265. The third kappa shape index (κ3) is 4.22. The number of hydrogen-bond acceptors (Lipinski definition) is 1. The van der Waals surface area contributed by atoms with Crippen LogP contribution in [-0.4, -0.2) is 10.0 Å². The summed E-state index contributed by atoms with van der Waals surface area (Å²) in [5.74, 6) is 1.05. The molecule has 0 aromatic heterocycles. The van der Waals surface area contributed by atoms with Gasteiger partial charge in [-0.3, -0.25) is 0 Å². The molecule has 1 atom stereocenters. The van der Waals surface area contributed by atoms with Crippen molar-refractivity contribution >= 4 is 45.2 Å². The first-order chi connectivity index (χ1) is 9.19. The average molecular weight is 484 g/mol. The van der Waals surface area contributed by atoms with E-state index in [0.717, 1.165) is 16.6 Å². The van der Waals surface area contributed by atoms with Gasteiger partial charge in [-0.2, -0.15) is 0 Å². The Labute approximate surface area is 144 Å². The van der Waals surface area contributed by atoms with E-state index in [2.05, 4.69) is 76.4 Å². The third-order valence-electron chi connectivity index (χ3n) is 4.12. The van der Waals surface area contributed by atoms with Gasteiger partial charge in [0.25, 0.3) is 0 Å². The highest BCUT2D eigenvalue weighted by Crippen LogP contribution is 2.36. The van der Waals surface area contributed by atoms with Crippen molar-refractivity contribution in [3.8, 4) is 5.75 Å². The molecule has 1 aliphatic carbocycles. The zero-order valence-corrected chi connectivity index (χ0v) is 15.8. The lowest BCUT2D eigenvalue weighted by Gasteiger charge is -2.37. The maximum atomic E-state index is 6.36. The van der Waals surface area contributed by atoms with Crippen molar-refractivity contribution in [3.63, 3.8) is 0 Å². The van der Waals surface area contributed by atoms with Crippen molar-refractivity contribution < 1.29 is 4.74 Å². The zero-order chi connectivity index (χ0) is 13.7. The molecule has 19 heavy (non-hydrogen) atoms. The number of ether oxygens (including phenoxy) is 1. The molecular formula is C16H22I2O. The molecule has 1 aromatic carbocycles. The molecule has 0 N–H and O–H groups in total. The van der Waals surface area contributed by atoms with Crippen LogP contribution in [0, 0.1) is 0 Å². The van der Waals surface area contributed by atoms with Crippen LogP contribution in [0.3, 0.4) is 0 Å². The predicted molar refractivity (Wildman–Crippen MR) is 98.8 cm³/mol. The van der Waals surface area contributed by atoms with Crippen LogP contribution in [0.1, 0.15) is 54.9 Å². The lowest BCUT2D eigenvalue weighted by Crippen LogP contribution is -2.37. The fourth-order valence-electron chi connectivity index (χ4n) is 2.81. The summed E-state index contributed by atoms with van der Waals surface area (Å²) in [6, 6.07) is 8.74. The molecule has 2 rings (SSSR count). The second kappa shape index (κ2) is 7.48. The summed E-state index contributed by atoms with van der Waals surface area (Å²) >= 11 is 4.94. The van der Waals surface area contributed by atoms with E-state index in [1.165, 1.54) is 37.7 Å². The molecule has 0 amide bonds. The Bertz CT molecular complexity index is 382. The summed E-state index contributed by atoms with van der Waals surface area (Å²) in [7, 11) is 0. The van der Waals surface area contributed by atoms with Gasteiger partial charge in [0.05, 0.1) is 0 Å². The van der Waals surface area contributed by atoms with Gasteiger partial charge in [0, 0.05) is 8.35 Å². The quantitative estimate of drug-likeness (QED) is 0.363. The van der Waals surface area contributed by atoms with Crippen LogP contribution in [0.15, 0.2) is 24.3 Å². The van der Waals surface area contributed by atoms with Gasteiger partial charge in [0.1, 0.15) is 11.4 Å². The van der Waals surface area contributed by atoms with Crippen LogP contribution >= 0.6 is 45.2 Å². The average Bonchev–Trinajstić information content (AvgIpc) is 2.48. The molecule has 0 aliphatic heterocycles. The molecule has 0 saturated heterocycles. The monoisotopic (exact) mass is 484 g/mol. The molecule has 0 radical (unpaired) electrons. The first-order valence-electron chi connectivity index (χ1n) is 7.18. The number of hydrogen-bond donors (Lipinski definition) is 0. The second-order valence-electron chi connectivity index (χ2n) is 5.39. The van der Waals surface area contributed by atoms with E-state index in [-0.39, 0.29) is 5.60 Å². The SMILES string of the molecule is CCC1(Oc2ccc(C(I)CI)cc2)CCCCC1. The first kappa shape index (κ1) is 15.9. The standard InChI is InChI=1S/C16H22I2O/c1-2-16(10-4-3-5-11-16)19-14-8-6-13(7-9-14)15(18)12-17/h6-9,15H,2-5,10-12H2,1H3. The van der Waals surface area contributed by atoms with Gasteiger partial charge in [-0.15, -0.1) is 0 Å². The maximum absolute atomic E-state index is 6.36. The second-order valence-corrected chi connectivity index (χ2v) is 7.77. The van der Waals surface area contributed by atoms with E-state index in [9.17, 15) is 0 Å². The van der Waals surface area contributed by atoms with Crippen molar-refractivity contribution in [1.82, 2.24) is 0 Å². The summed E-state index contributed by atoms with van der Waals surface area (Å²) < 4.78 is 8.11. The molecular weight excluding hydrogens is 462 g/mol. The zero-order valence-electron chi connectivity index (χ0n) is 11.5. The summed E-state index contributed by atoms with van der Waals surface area (Å²) in [4.78, 5) is 0. The van der Waals surface area contributed by atoms with E-state index in [0.29, 0.717) is 3.92 Å². The predicted octanol–water partition coefficient (Wildman–Crippen LogP) is 6.09. The van der Waals surface area contributed by atoms with Crippen LogP contribution in [0.4, 0.5) is 0 Å². The first-order valence-corrected chi connectivity index (χ1v) is 9.95. The summed E-state index contributed by atoms with van der Waals surface area (Å²) in [5, 5.41) is 0. The van der Waals surface area contributed by atoms with Gasteiger partial charge in [-0.05, 0) is 49.8 Å². The number of alkyl halides is 2. The van der Waals surface area contributed by atoms with Crippen LogP contribution in [0.25, 0.3) is 0 Å². The number of benzene rings is 1. The van der Waals surface area contributed by atoms with Crippen LogP contribution in [0.5, 0.6) is 5.75 Å². The third-order valence-corrected chi connectivity index (χ3v) is 7.85. The minimum Gasteiger partial charge on any atom is -0.487 e. The molecule has 1 nitrogen and oxygen atoms in total. The largest absolute Gasteiger partial charge is 0.487 e. The van der Waals surface area contributed by atoms with Gasteiger partial charge in [-0.1, -0.05) is 70.7 Å². The van der Waals surface area contributed by atoms with Crippen LogP contribution in [-0.2, 0) is 0 Å². The number of rotatable bonds is 5. The Morgan fingerprint density at radius 3 is 2.32 bits per heavy atom. The molecule has 1 fully saturated rings. The fourth-order valence-corrected chi connectivity index (χ4v) is 3.73. The molecule has 1 aromatic rings. The van der Waals surface area contributed by atoms with E-state index in [1.807, 2.05) is 0 Å². The fraction of sp³-hybridized carbons (Fsp3) is 0.625. The van der Waals surface area contributed by atoms with Gasteiger partial charge in [0.15, 0.2) is 0 Å². The van der Waals surface area contributed by atoms with Gasteiger partial charge >= 0.3 is 0 Å². The maximum Gasteiger partial charge on any atom is 0.120 e. The van der Waals surface area contributed by atoms with Crippen molar-refractivity contribution in [2.75, 3.05) is 4.43 Å². The van der Waals surface area contributed by atoms with Crippen molar-refractivity contribution in [2.24, 2.45) is 0 Å². The van der Waals surface area contributed by atoms with E-state index in [4.69, 9.17) is 4.74 Å². The van der Waals surface area contributed by atoms with E-state index in [1.54, 1.807) is 0 Å². The summed E-state index contributed by atoms with van der Waals surface area (Å²) in [6.45, 7) is 2.26. The Kier molecular flexibility index (Phi) is 6.24. The van der Waals surface area contributed by atoms with Gasteiger partial charge < -0.3 is 4.74 Å². The minimum absolute atomic E-state index is 0.104. The molecule has 1 unspecified atom stereocenters. The molecule has 0 spiro atoms. The highest BCUT2D eigenvalue weighted by atomic mass is 127. The lowest BCUT2D eigenvalue weighted by atomic mass is 9.82. The van der Waals surface area contributed by atoms with Crippen LogP contribution in [0.2, 0.25) is 0 Å². The highest BCUT2D eigenvalue weighted by Gasteiger charge is 2.32. The van der Waals surface area contributed by atoms with E-state index < -0.39 is 0 Å². The van der Waals surface area contributed by atoms with Crippen molar-refractivity contribution in [3.05, 3.63) is 29.8 Å². The Balaban J connectivity index is 2.05. The topological polar surface area (TPSA) is 9.23 Å². The Hall–Kier alpha value is 0.480. The molecule has 1 saturated carbocycles. The van der Waals surface area contributed by atoms with Gasteiger partial charge in [0.2, 0.25) is 0 Å². The van der Waals surface area contributed by atoms with Crippen molar-refractivity contribution in [1.29, 1.82) is 0 Å². The summed E-state index contributed by atoms with van der Waals surface area (Å²) in [5.41, 5.74) is 1.50. The molecule has 0 heterocycles. The number of halogens is 2. The highest BCUT2D eigenvalue weighted by molar-refractivity contribution is 14.1. The van der Waals surface area contributed by atoms with Crippen molar-refractivity contribution in [2.45, 2.75) is 55.0 Å². The van der Waals surface area contributed by atoms with Gasteiger partial charge in [-0.25, -0.2) is 0 Å². The molecule has 3 heteroatoms. The normalized spacial score (nSPS) is 19.9. The Morgan fingerprint density at radius 1 is 1.16 bits per heavy atom.